The van der Waals surface area contributed by atoms with Crippen LogP contribution in [-0.2, 0) is 11.2 Å². The molecule has 0 spiro atoms. The summed E-state index contributed by atoms with van der Waals surface area (Å²) in [6.45, 7) is 0.832. The summed E-state index contributed by atoms with van der Waals surface area (Å²) in [5.41, 5.74) is 3.72. The zero-order valence-corrected chi connectivity index (χ0v) is 25.8. The maximum Gasteiger partial charge on any atom is 0.333 e. The van der Waals surface area contributed by atoms with Crippen LogP contribution in [0.4, 0.5) is 14.5 Å². The Bertz CT molecular complexity index is 1950. The van der Waals surface area contributed by atoms with Gasteiger partial charge in [-0.1, -0.05) is 48.7 Å². The van der Waals surface area contributed by atoms with Crippen molar-refractivity contribution >= 4 is 34.8 Å². The fourth-order valence-electron chi connectivity index (χ4n) is 5.75. The highest BCUT2D eigenvalue weighted by Crippen LogP contribution is 2.36. The standard InChI is InChI=1S/C31H28Cl2F2N8O2/c1-3-18-15-41(28(44)13-21(18)22-12-20(32)7-8-25(22)42-16-27(33)39-40-42)26-6-4-5-17(2)30(45)38-24-14-37-43(31(34)35)29(24)19-9-10-36-23(26)11-19/h7-17,26,31H,3-6H2,1-2H3,(H,38,45). The number of fused-ring (bicyclic) bond motifs is 4. The maximum atomic E-state index is 14.0. The van der Waals surface area contributed by atoms with Crippen LogP contribution in [-0.4, -0.2) is 40.2 Å². The SMILES string of the molecule is CCc1cn(C2CCCC(C)C(=O)Nc3cnn(C(F)F)c3-c3ccnc2c3)c(=O)cc1-c1cc(Cl)ccc1-n1cc(Cl)nn1. The lowest BCUT2D eigenvalue weighted by atomic mass is 9.95. The lowest BCUT2D eigenvalue weighted by Gasteiger charge is -2.24. The summed E-state index contributed by atoms with van der Waals surface area (Å²) in [6, 6.07) is 9.56. The Hall–Kier alpha value is -4.42. The molecule has 0 radical (unpaired) electrons. The van der Waals surface area contributed by atoms with Gasteiger partial charge >= 0.3 is 6.55 Å². The van der Waals surface area contributed by atoms with E-state index in [1.807, 2.05) is 13.1 Å². The van der Waals surface area contributed by atoms with Gasteiger partial charge in [-0.15, -0.1) is 5.10 Å². The number of aryl methyl sites for hydroxylation is 1. The zero-order valence-electron chi connectivity index (χ0n) is 24.3. The molecule has 0 saturated carbocycles. The normalized spacial score (nSPS) is 17.0. The van der Waals surface area contributed by atoms with Gasteiger partial charge in [-0.25, -0.2) is 9.36 Å². The van der Waals surface area contributed by atoms with Crippen molar-refractivity contribution in [3.63, 3.8) is 0 Å². The fourth-order valence-corrected chi connectivity index (χ4v) is 6.05. The number of pyridine rings is 2. The average Bonchev–Trinajstić information content (AvgIpc) is 3.65. The van der Waals surface area contributed by atoms with E-state index in [2.05, 4.69) is 25.7 Å². The van der Waals surface area contributed by atoms with E-state index in [-0.39, 0.29) is 28.0 Å². The first-order valence-corrected chi connectivity index (χ1v) is 15.2. The number of anilines is 1. The van der Waals surface area contributed by atoms with Gasteiger partial charge in [0.1, 0.15) is 0 Å². The quantitative estimate of drug-likeness (QED) is 0.219. The highest BCUT2D eigenvalue weighted by atomic mass is 35.5. The lowest BCUT2D eigenvalue weighted by molar-refractivity contribution is -0.119. The number of benzene rings is 1. The summed E-state index contributed by atoms with van der Waals surface area (Å²) in [5.74, 6) is -0.701. The van der Waals surface area contributed by atoms with E-state index in [0.717, 1.165) is 5.56 Å². The molecule has 2 unspecified atom stereocenters. The molecule has 1 aliphatic heterocycles. The smallest absolute Gasteiger partial charge is 0.323 e. The summed E-state index contributed by atoms with van der Waals surface area (Å²) in [4.78, 5) is 31.5. The number of nitrogens with one attached hydrogen (secondary N) is 1. The molecular weight excluding hydrogens is 625 g/mol. The molecule has 1 amide bonds. The predicted molar refractivity (Wildman–Crippen MR) is 167 cm³/mol. The molecule has 232 valence electrons. The van der Waals surface area contributed by atoms with Gasteiger partial charge < -0.3 is 9.88 Å². The van der Waals surface area contributed by atoms with Crippen molar-refractivity contribution in [2.24, 2.45) is 5.92 Å². The van der Waals surface area contributed by atoms with Crippen LogP contribution >= 0.6 is 23.2 Å². The van der Waals surface area contributed by atoms with Crippen LogP contribution in [0.25, 0.3) is 28.1 Å². The largest absolute Gasteiger partial charge is 0.333 e. The average molecular weight is 654 g/mol. The van der Waals surface area contributed by atoms with Crippen molar-refractivity contribution < 1.29 is 13.6 Å². The molecule has 1 N–H and O–H groups in total. The van der Waals surface area contributed by atoms with E-state index in [4.69, 9.17) is 23.2 Å². The van der Waals surface area contributed by atoms with Gasteiger partial charge in [-0.05, 0) is 60.7 Å². The molecule has 6 rings (SSSR count). The molecule has 5 heterocycles. The first kappa shape index (κ1) is 30.6. The Balaban J connectivity index is 1.50. The number of aromatic nitrogens is 7. The van der Waals surface area contributed by atoms with E-state index in [1.165, 1.54) is 17.1 Å². The molecular formula is C31H28Cl2F2N8O2. The van der Waals surface area contributed by atoms with E-state index < -0.39 is 18.5 Å². The van der Waals surface area contributed by atoms with Crippen LogP contribution in [0, 0.1) is 5.92 Å². The number of nitrogens with zero attached hydrogens (tertiary/aromatic N) is 7. The van der Waals surface area contributed by atoms with Crippen molar-refractivity contribution in [2.75, 3.05) is 5.32 Å². The Morgan fingerprint density at radius 2 is 1.89 bits per heavy atom. The first-order valence-electron chi connectivity index (χ1n) is 14.4. The Labute approximate surface area is 266 Å². The van der Waals surface area contributed by atoms with E-state index in [9.17, 15) is 18.4 Å². The topological polar surface area (TPSA) is 113 Å². The molecule has 0 saturated heterocycles. The number of halogens is 4. The predicted octanol–water partition coefficient (Wildman–Crippen LogP) is 6.97. The van der Waals surface area contributed by atoms with Crippen molar-refractivity contribution in [2.45, 2.75) is 52.1 Å². The zero-order chi connectivity index (χ0) is 31.8. The Morgan fingerprint density at radius 1 is 1.07 bits per heavy atom. The number of amides is 1. The first-order chi connectivity index (χ1) is 21.6. The van der Waals surface area contributed by atoms with Gasteiger partial charge in [0.25, 0.3) is 5.56 Å². The Morgan fingerprint density at radius 3 is 2.62 bits per heavy atom. The highest BCUT2D eigenvalue weighted by molar-refractivity contribution is 6.31. The molecule has 1 aliphatic rings. The number of alkyl halides is 2. The van der Waals surface area contributed by atoms with Gasteiger partial charge in [0, 0.05) is 40.5 Å². The molecule has 10 nitrogen and oxygen atoms in total. The second kappa shape index (κ2) is 12.5. The van der Waals surface area contributed by atoms with Crippen LogP contribution in [0.3, 0.4) is 0 Å². The second-order valence-electron chi connectivity index (χ2n) is 10.9. The van der Waals surface area contributed by atoms with Crippen molar-refractivity contribution in [3.8, 4) is 28.1 Å². The minimum atomic E-state index is -2.93. The number of carbonyl (C=O) groups excluding carboxylic acids is 1. The summed E-state index contributed by atoms with van der Waals surface area (Å²) in [5, 5.41) is 15.3. The molecule has 4 aromatic heterocycles. The third-order valence-electron chi connectivity index (χ3n) is 8.04. The van der Waals surface area contributed by atoms with Crippen LogP contribution in [0.2, 0.25) is 10.2 Å². The van der Waals surface area contributed by atoms with Crippen molar-refractivity contribution in [1.29, 1.82) is 0 Å². The molecule has 0 aliphatic carbocycles. The van der Waals surface area contributed by atoms with Crippen LogP contribution in [0.15, 0.2) is 66.0 Å². The molecule has 2 atom stereocenters. The number of hydrogen-bond donors (Lipinski definition) is 1. The van der Waals surface area contributed by atoms with E-state index >= 15 is 0 Å². The summed E-state index contributed by atoms with van der Waals surface area (Å²) < 4.78 is 31.7. The molecule has 5 aromatic rings. The molecule has 45 heavy (non-hydrogen) atoms. The molecule has 2 bridgehead atoms. The Kier molecular flexibility index (Phi) is 8.52. The van der Waals surface area contributed by atoms with Crippen molar-refractivity contribution in [1.82, 2.24) is 34.3 Å². The number of carbonyl (C=O) groups is 1. The second-order valence-corrected chi connectivity index (χ2v) is 11.7. The van der Waals surface area contributed by atoms with E-state index in [0.29, 0.717) is 63.5 Å². The lowest BCUT2D eigenvalue weighted by Crippen LogP contribution is -2.27. The monoisotopic (exact) mass is 652 g/mol. The van der Waals surface area contributed by atoms with Gasteiger partial charge in [0.15, 0.2) is 5.15 Å². The van der Waals surface area contributed by atoms with Gasteiger partial charge in [0.2, 0.25) is 5.91 Å². The minimum Gasteiger partial charge on any atom is -0.323 e. The third-order valence-corrected chi connectivity index (χ3v) is 8.45. The summed E-state index contributed by atoms with van der Waals surface area (Å²) in [6.07, 6.45) is 8.30. The van der Waals surface area contributed by atoms with Gasteiger partial charge in [0.05, 0.1) is 41.2 Å². The maximum absolute atomic E-state index is 14.0. The molecule has 1 aromatic carbocycles. The summed E-state index contributed by atoms with van der Waals surface area (Å²) >= 11 is 12.5. The molecule has 0 fully saturated rings. The van der Waals surface area contributed by atoms with Crippen LogP contribution in [0.1, 0.15) is 57.0 Å². The minimum absolute atomic E-state index is 0.0622. The summed E-state index contributed by atoms with van der Waals surface area (Å²) in [7, 11) is 0. The van der Waals surface area contributed by atoms with Crippen molar-refractivity contribution in [3.05, 3.63) is 93.0 Å². The van der Waals surface area contributed by atoms with Crippen LogP contribution < -0.4 is 10.9 Å². The number of rotatable bonds is 5. The fraction of sp³-hybridized carbons (Fsp3) is 0.290. The molecule has 14 heteroatoms. The van der Waals surface area contributed by atoms with Gasteiger partial charge in [-0.2, -0.15) is 13.9 Å². The number of hydrogen-bond acceptors (Lipinski definition) is 6. The third kappa shape index (κ3) is 5.99. The van der Waals surface area contributed by atoms with E-state index in [1.54, 1.807) is 54.1 Å². The highest BCUT2D eigenvalue weighted by Gasteiger charge is 2.26. The van der Waals surface area contributed by atoms with Gasteiger partial charge in [-0.3, -0.25) is 14.6 Å². The van der Waals surface area contributed by atoms with Crippen LogP contribution in [0.5, 0.6) is 0 Å².